The summed E-state index contributed by atoms with van der Waals surface area (Å²) in [5.41, 5.74) is 0.996. The van der Waals surface area contributed by atoms with E-state index >= 15 is 0 Å². The van der Waals surface area contributed by atoms with Gasteiger partial charge in [-0.25, -0.2) is 4.79 Å². The van der Waals surface area contributed by atoms with Crippen molar-refractivity contribution in [2.24, 2.45) is 0 Å². The van der Waals surface area contributed by atoms with Gasteiger partial charge >= 0.3 is 5.97 Å². The number of rotatable bonds is 3. The SMILES string of the molecule is CCOC(=O)/C=C/c1ccccc1.Cl.Cl. The van der Waals surface area contributed by atoms with Crippen LogP contribution in [0.2, 0.25) is 0 Å². The summed E-state index contributed by atoms with van der Waals surface area (Å²) in [6, 6.07) is 9.63. The van der Waals surface area contributed by atoms with E-state index in [1.54, 1.807) is 13.0 Å². The van der Waals surface area contributed by atoms with Crippen LogP contribution in [0.15, 0.2) is 36.4 Å². The summed E-state index contributed by atoms with van der Waals surface area (Å²) in [6.07, 6.45) is 3.16. The number of ether oxygens (including phenoxy) is 1. The highest BCUT2D eigenvalue weighted by atomic mass is 35.5. The third kappa shape index (κ3) is 7.00. The highest BCUT2D eigenvalue weighted by molar-refractivity contribution is 5.87. The Morgan fingerprint density at radius 2 is 1.87 bits per heavy atom. The van der Waals surface area contributed by atoms with Crippen LogP contribution in [0.25, 0.3) is 6.08 Å². The average Bonchev–Trinajstić information content (AvgIpc) is 2.17. The minimum absolute atomic E-state index is 0. The molecule has 0 aliphatic heterocycles. The van der Waals surface area contributed by atoms with E-state index in [0.29, 0.717) is 6.61 Å². The van der Waals surface area contributed by atoms with Crippen molar-refractivity contribution in [1.82, 2.24) is 0 Å². The quantitative estimate of drug-likeness (QED) is 0.607. The Morgan fingerprint density at radius 1 is 1.27 bits per heavy atom. The summed E-state index contributed by atoms with van der Waals surface area (Å²) in [5.74, 6) is -0.300. The van der Waals surface area contributed by atoms with Crippen LogP contribution in [-0.2, 0) is 9.53 Å². The highest BCUT2D eigenvalue weighted by Crippen LogP contribution is 2.00. The molecule has 0 saturated carbocycles. The van der Waals surface area contributed by atoms with Crippen molar-refractivity contribution in [3.8, 4) is 0 Å². The van der Waals surface area contributed by atoms with Crippen LogP contribution in [0.3, 0.4) is 0 Å². The molecule has 0 radical (unpaired) electrons. The molecule has 0 fully saturated rings. The van der Waals surface area contributed by atoms with Gasteiger partial charge in [0.2, 0.25) is 0 Å². The molecule has 0 heterocycles. The number of carbonyl (C=O) groups excluding carboxylic acids is 1. The normalized spacial score (nSPS) is 8.87. The second kappa shape index (κ2) is 9.56. The smallest absolute Gasteiger partial charge is 0.330 e. The molecule has 15 heavy (non-hydrogen) atoms. The fraction of sp³-hybridized carbons (Fsp3) is 0.182. The summed E-state index contributed by atoms with van der Waals surface area (Å²) >= 11 is 0. The predicted molar refractivity (Wildman–Crippen MR) is 66.6 cm³/mol. The molecule has 84 valence electrons. The third-order valence-electron chi connectivity index (χ3n) is 1.50. The van der Waals surface area contributed by atoms with Gasteiger partial charge in [0.05, 0.1) is 6.61 Å². The molecular formula is C11H14Cl2O2. The second-order valence-corrected chi connectivity index (χ2v) is 2.50. The summed E-state index contributed by atoms with van der Waals surface area (Å²) in [5, 5.41) is 0. The van der Waals surface area contributed by atoms with E-state index in [1.165, 1.54) is 6.08 Å². The minimum Gasteiger partial charge on any atom is -0.463 e. The van der Waals surface area contributed by atoms with Gasteiger partial charge in [-0.3, -0.25) is 0 Å². The van der Waals surface area contributed by atoms with Crippen LogP contribution in [0.1, 0.15) is 12.5 Å². The fourth-order valence-electron chi connectivity index (χ4n) is 0.919. The maximum Gasteiger partial charge on any atom is 0.330 e. The Morgan fingerprint density at radius 3 is 2.40 bits per heavy atom. The number of benzene rings is 1. The zero-order valence-electron chi connectivity index (χ0n) is 8.38. The first-order valence-corrected chi connectivity index (χ1v) is 4.23. The van der Waals surface area contributed by atoms with Crippen LogP contribution in [0.5, 0.6) is 0 Å². The maximum atomic E-state index is 10.9. The summed E-state index contributed by atoms with van der Waals surface area (Å²) < 4.78 is 4.74. The molecule has 0 atom stereocenters. The second-order valence-electron chi connectivity index (χ2n) is 2.50. The zero-order valence-corrected chi connectivity index (χ0v) is 10.0. The van der Waals surface area contributed by atoms with Gasteiger partial charge in [-0.2, -0.15) is 0 Å². The number of hydrogen-bond acceptors (Lipinski definition) is 2. The van der Waals surface area contributed by atoms with Gasteiger partial charge in [-0.05, 0) is 18.6 Å². The van der Waals surface area contributed by atoms with Gasteiger partial charge in [0.1, 0.15) is 0 Å². The predicted octanol–water partition coefficient (Wildman–Crippen LogP) is 3.11. The van der Waals surface area contributed by atoms with Crippen molar-refractivity contribution in [3.63, 3.8) is 0 Å². The number of carbonyl (C=O) groups is 1. The first-order chi connectivity index (χ1) is 6.33. The van der Waals surface area contributed by atoms with E-state index in [4.69, 9.17) is 4.74 Å². The lowest BCUT2D eigenvalue weighted by Gasteiger charge is -1.94. The Labute approximate surface area is 102 Å². The first kappa shape index (κ1) is 16.4. The van der Waals surface area contributed by atoms with Crippen molar-refractivity contribution in [3.05, 3.63) is 42.0 Å². The Bertz CT molecular complexity index is 297. The molecule has 0 N–H and O–H groups in total. The van der Waals surface area contributed by atoms with Gasteiger partial charge in [-0.15, -0.1) is 24.8 Å². The molecule has 0 spiro atoms. The third-order valence-corrected chi connectivity index (χ3v) is 1.50. The van der Waals surface area contributed by atoms with Crippen LogP contribution >= 0.6 is 24.8 Å². The number of halogens is 2. The average molecular weight is 249 g/mol. The lowest BCUT2D eigenvalue weighted by Crippen LogP contribution is -1.98. The molecule has 0 aromatic heterocycles. The molecule has 0 unspecified atom stereocenters. The van der Waals surface area contributed by atoms with Gasteiger partial charge in [0, 0.05) is 6.08 Å². The minimum atomic E-state index is -0.300. The Balaban J connectivity index is 0. The molecule has 1 aromatic carbocycles. The number of esters is 1. The largest absolute Gasteiger partial charge is 0.463 e. The Hall–Kier alpha value is -0.990. The van der Waals surface area contributed by atoms with E-state index < -0.39 is 0 Å². The standard InChI is InChI=1S/C11H12O2.2ClH/c1-2-13-11(12)9-8-10-6-4-3-5-7-10;;/h3-9H,2H2,1H3;2*1H/b9-8+;;. The molecule has 4 heteroatoms. The van der Waals surface area contributed by atoms with E-state index in [0.717, 1.165) is 5.56 Å². The van der Waals surface area contributed by atoms with Gasteiger partial charge in [-0.1, -0.05) is 30.3 Å². The van der Waals surface area contributed by atoms with E-state index in [9.17, 15) is 4.79 Å². The lowest BCUT2D eigenvalue weighted by atomic mass is 10.2. The monoisotopic (exact) mass is 248 g/mol. The van der Waals surface area contributed by atoms with Gasteiger partial charge in [0.15, 0.2) is 0 Å². The molecule has 0 aliphatic rings. The van der Waals surface area contributed by atoms with Crippen molar-refractivity contribution in [1.29, 1.82) is 0 Å². The molecule has 0 saturated heterocycles. The molecule has 1 aromatic rings. The van der Waals surface area contributed by atoms with Gasteiger partial charge in [0.25, 0.3) is 0 Å². The molecule has 2 nitrogen and oxygen atoms in total. The van der Waals surface area contributed by atoms with Crippen LogP contribution < -0.4 is 0 Å². The van der Waals surface area contributed by atoms with E-state index in [1.807, 2.05) is 30.3 Å². The molecule has 1 rings (SSSR count). The van der Waals surface area contributed by atoms with Crippen molar-refractivity contribution >= 4 is 36.9 Å². The molecule has 0 bridgehead atoms. The Kier molecular flexibility index (Phi) is 10.5. The molecular weight excluding hydrogens is 235 g/mol. The maximum absolute atomic E-state index is 10.9. The first-order valence-electron chi connectivity index (χ1n) is 4.23. The topological polar surface area (TPSA) is 26.3 Å². The van der Waals surface area contributed by atoms with Gasteiger partial charge < -0.3 is 4.74 Å². The lowest BCUT2D eigenvalue weighted by molar-refractivity contribution is -0.137. The molecule has 0 aliphatic carbocycles. The fourth-order valence-corrected chi connectivity index (χ4v) is 0.919. The zero-order chi connectivity index (χ0) is 9.52. The van der Waals surface area contributed by atoms with E-state index in [2.05, 4.69) is 0 Å². The van der Waals surface area contributed by atoms with Crippen molar-refractivity contribution in [2.45, 2.75) is 6.92 Å². The van der Waals surface area contributed by atoms with Crippen LogP contribution in [0, 0.1) is 0 Å². The summed E-state index contributed by atoms with van der Waals surface area (Å²) in [4.78, 5) is 10.9. The van der Waals surface area contributed by atoms with Crippen molar-refractivity contribution in [2.75, 3.05) is 6.61 Å². The van der Waals surface area contributed by atoms with Crippen LogP contribution in [0.4, 0.5) is 0 Å². The molecule has 0 amide bonds. The van der Waals surface area contributed by atoms with Crippen LogP contribution in [-0.4, -0.2) is 12.6 Å². The summed E-state index contributed by atoms with van der Waals surface area (Å²) in [6.45, 7) is 2.20. The van der Waals surface area contributed by atoms with Crippen molar-refractivity contribution < 1.29 is 9.53 Å². The van der Waals surface area contributed by atoms with E-state index in [-0.39, 0.29) is 30.8 Å². The highest BCUT2D eigenvalue weighted by Gasteiger charge is 1.92. The number of hydrogen-bond donors (Lipinski definition) is 0. The summed E-state index contributed by atoms with van der Waals surface area (Å²) in [7, 11) is 0.